The molecule has 0 spiro atoms. The van der Waals surface area contributed by atoms with E-state index in [0.29, 0.717) is 0 Å². The quantitative estimate of drug-likeness (QED) is 0.348. The standard InChI is InChI=1S/C25H21ClNP/c1-20-24(26)18-11-19-25(20)27-28(21-12-5-2-6-13-21,22-14-7-3-8-15-22)23-16-9-4-10-17-23/h2-19H,1H3. The summed E-state index contributed by atoms with van der Waals surface area (Å²) in [7, 11) is -2.26. The number of benzene rings is 4. The first kappa shape index (κ1) is 18.7. The average Bonchev–Trinajstić information content (AvgIpc) is 2.77. The molecule has 4 aromatic carbocycles. The van der Waals surface area contributed by atoms with Crippen LogP contribution in [-0.2, 0) is 0 Å². The molecule has 0 atom stereocenters. The molecule has 0 aromatic heterocycles. The molecule has 4 rings (SSSR count). The normalized spacial score (nSPS) is 11.2. The van der Waals surface area contributed by atoms with Gasteiger partial charge < -0.3 is 0 Å². The predicted octanol–water partition coefficient (Wildman–Crippen LogP) is 6.46. The fourth-order valence-corrected chi connectivity index (χ4v) is 7.18. The minimum atomic E-state index is -2.26. The second kappa shape index (κ2) is 8.19. The van der Waals surface area contributed by atoms with E-state index in [9.17, 15) is 0 Å². The van der Waals surface area contributed by atoms with E-state index in [-0.39, 0.29) is 0 Å². The molecule has 0 heterocycles. The van der Waals surface area contributed by atoms with E-state index in [1.165, 1.54) is 15.9 Å². The van der Waals surface area contributed by atoms with Gasteiger partial charge in [-0.05, 0) is 24.6 Å². The van der Waals surface area contributed by atoms with Gasteiger partial charge in [0.25, 0.3) is 0 Å². The molecule has 0 fully saturated rings. The summed E-state index contributed by atoms with van der Waals surface area (Å²) in [5.74, 6) is 0. The lowest BCUT2D eigenvalue weighted by Crippen LogP contribution is -2.25. The number of halogens is 1. The minimum Gasteiger partial charge on any atom is -0.254 e. The van der Waals surface area contributed by atoms with Crippen molar-refractivity contribution in [3.8, 4) is 0 Å². The lowest BCUT2D eigenvalue weighted by atomic mass is 10.2. The number of nitrogens with zero attached hydrogens (tertiary/aromatic N) is 1. The van der Waals surface area contributed by atoms with Gasteiger partial charge in [0.1, 0.15) is 0 Å². The van der Waals surface area contributed by atoms with Gasteiger partial charge in [0.15, 0.2) is 0 Å². The zero-order valence-corrected chi connectivity index (χ0v) is 17.3. The van der Waals surface area contributed by atoms with E-state index in [1.54, 1.807) is 0 Å². The summed E-state index contributed by atoms with van der Waals surface area (Å²) in [5.41, 5.74) is 1.95. The zero-order valence-electron chi connectivity index (χ0n) is 15.7. The van der Waals surface area contributed by atoms with Crippen molar-refractivity contribution >= 4 is 40.3 Å². The van der Waals surface area contributed by atoms with Crippen molar-refractivity contribution in [3.05, 3.63) is 120 Å². The van der Waals surface area contributed by atoms with Crippen LogP contribution in [0.25, 0.3) is 0 Å². The van der Waals surface area contributed by atoms with Crippen LogP contribution in [-0.4, -0.2) is 0 Å². The van der Waals surface area contributed by atoms with Crippen LogP contribution in [0.1, 0.15) is 5.56 Å². The Bertz CT molecular complexity index is 1020. The van der Waals surface area contributed by atoms with Crippen molar-refractivity contribution in [2.45, 2.75) is 6.92 Å². The Kier molecular flexibility index (Phi) is 5.48. The van der Waals surface area contributed by atoms with Crippen molar-refractivity contribution in [1.29, 1.82) is 0 Å². The lowest BCUT2D eigenvalue weighted by molar-refractivity contribution is 1.41. The highest BCUT2D eigenvalue weighted by Crippen LogP contribution is 2.50. The zero-order chi connectivity index (χ0) is 19.4. The number of rotatable bonds is 4. The van der Waals surface area contributed by atoms with Crippen molar-refractivity contribution < 1.29 is 0 Å². The van der Waals surface area contributed by atoms with E-state index in [1.807, 2.05) is 19.1 Å². The van der Waals surface area contributed by atoms with Gasteiger partial charge in [-0.25, -0.2) is 0 Å². The van der Waals surface area contributed by atoms with Crippen LogP contribution in [0.4, 0.5) is 5.69 Å². The van der Waals surface area contributed by atoms with Crippen molar-refractivity contribution in [3.63, 3.8) is 0 Å². The van der Waals surface area contributed by atoms with Gasteiger partial charge in [0, 0.05) is 20.9 Å². The molecule has 0 radical (unpaired) electrons. The average molecular weight is 402 g/mol. The Morgan fingerprint density at radius 3 is 1.43 bits per heavy atom. The second-order valence-electron chi connectivity index (χ2n) is 6.63. The highest BCUT2D eigenvalue weighted by Gasteiger charge is 2.27. The Hall–Kier alpha value is -2.60. The summed E-state index contributed by atoms with van der Waals surface area (Å²) in [4.78, 5) is 0. The van der Waals surface area contributed by atoms with Gasteiger partial charge in [-0.2, -0.15) is 0 Å². The van der Waals surface area contributed by atoms with Gasteiger partial charge in [-0.1, -0.05) is 109 Å². The Morgan fingerprint density at radius 2 is 1.00 bits per heavy atom. The molecule has 4 aromatic rings. The van der Waals surface area contributed by atoms with Crippen LogP contribution in [0, 0.1) is 6.92 Å². The first-order chi connectivity index (χ1) is 13.7. The summed E-state index contributed by atoms with van der Waals surface area (Å²) >= 11 is 6.43. The summed E-state index contributed by atoms with van der Waals surface area (Å²) in [5, 5.41) is 4.43. The molecule has 0 saturated carbocycles. The van der Waals surface area contributed by atoms with Gasteiger partial charge in [-0.15, -0.1) is 0 Å². The monoisotopic (exact) mass is 401 g/mol. The molecule has 3 heteroatoms. The second-order valence-corrected chi connectivity index (χ2v) is 10.1. The van der Waals surface area contributed by atoms with E-state index < -0.39 is 7.05 Å². The lowest BCUT2D eigenvalue weighted by Gasteiger charge is -2.27. The smallest absolute Gasteiger partial charge is 0.0669 e. The molecule has 0 aliphatic carbocycles. The molecule has 138 valence electrons. The summed E-state index contributed by atoms with van der Waals surface area (Å²) in [6.45, 7) is 2.04. The number of hydrogen-bond donors (Lipinski definition) is 0. The van der Waals surface area contributed by atoms with Crippen molar-refractivity contribution in [1.82, 2.24) is 0 Å². The molecular weight excluding hydrogens is 381 g/mol. The molecule has 28 heavy (non-hydrogen) atoms. The SMILES string of the molecule is Cc1c(Cl)cccc1N=P(c1ccccc1)(c1ccccc1)c1ccccc1. The van der Waals surface area contributed by atoms with Crippen LogP contribution in [0.15, 0.2) is 114 Å². The van der Waals surface area contributed by atoms with Gasteiger partial charge in [0.05, 0.1) is 12.7 Å². The third-order valence-electron chi connectivity index (χ3n) is 4.89. The first-order valence-corrected chi connectivity index (χ1v) is 11.4. The fourth-order valence-electron chi connectivity index (χ4n) is 3.42. The third-order valence-corrected chi connectivity index (χ3v) is 8.95. The summed E-state index contributed by atoms with van der Waals surface area (Å²) in [6.07, 6.45) is 0. The van der Waals surface area contributed by atoms with Crippen LogP contribution < -0.4 is 15.9 Å². The van der Waals surface area contributed by atoms with Crippen LogP contribution in [0.2, 0.25) is 5.02 Å². The van der Waals surface area contributed by atoms with Crippen LogP contribution >= 0.6 is 18.7 Å². The predicted molar refractivity (Wildman–Crippen MR) is 123 cm³/mol. The van der Waals surface area contributed by atoms with Gasteiger partial charge in [0.2, 0.25) is 0 Å². The molecule has 0 unspecified atom stereocenters. The molecular formula is C25H21ClNP. The first-order valence-electron chi connectivity index (χ1n) is 9.26. The van der Waals surface area contributed by atoms with E-state index >= 15 is 0 Å². The topological polar surface area (TPSA) is 12.4 Å². The van der Waals surface area contributed by atoms with Crippen LogP contribution in [0.5, 0.6) is 0 Å². The Morgan fingerprint density at radius 1 is 0.571 bits per heavy atom. The number of hydrogen-bond acceptors (Lipinski definition) is 1. The maximum atomic E-state index is 6.43. The Labute approximate surface area is 171 Å². The minimum absolute atomic E-state index is 0.744. The van der Waals surface area contributed by atoms with Gasteiger partial charge >= 0.3 is 0 Å². The molecule has 0 saturated heterocycles. The fraction of sp³-hybridized carbons (Fsp3) is 0.0400. The summed E-state index contributed by atoms with van der Waals surface area (Å²) in [6, 6.07) is 37.8. The van der Waals surface area contributed by atoms with Crippen molar-refractivity contribution in [2.24, 2.45) is 4.74 Å². The summed E-state index contributed by atoms with van der Waals surface area (Å²) < 4.78 is 5.49. The molecule has 0 aliphatic rings. The largest absolute Gasteiger partial charge is 0.254 e. The van der Waals surface area contributed by atoms with Gasteiger partial charge in [-0.3, -0.25) is 4.74 Å². The molecule has 0 N–H and O–H groups in total. The van der Waals surface area contributed by atoms with E-state index in [2.05, 4.69) is 97.1 Å². The highest BCUT2D eigenvalue weighted by molar-refractivity contribution is 7.87. The molecule has 0 amide bonds. The molecule has 0 bridgehead atoms. The highest BCUT2D eigenvalue weighted by atomic mass is 35.5. The van der Waals surface area contributed by atoms with E-state index in [0.717, 1.165) is 16.3 Å². The third kappa shape index (κ3) is 3.44. The van der Waals surface area contributed by atoms with Crippen molar-refractivity contribution in [2.75, 3.05) is 0 Å². The Balaban J connectivity index is 2.16. The molecule has 1 nitrogen and oxygen atoms in total. The maximum absolute atomic E-state index is 6.43. The van der Waals surface area contributed by atoms with E-state index in [4.69, 9.17) is 16.3 Å². The molecule has 0 aliphatic heterocycles. The van der Waals surface area contributed by atoms with Crippen LogP contribution in [0.3, 0.4) is 0 Å². The maximum Gasteiger partial charge on any atom is 0.0669 e.